The monoisotopic (exact) mass is 343 g/mol. The molecule has 1 N–H and O–H groups in total. The Morgan fingerprint density at radius 3 is 3.17 bits per heavy atom. The molecule has 0 bridgehead atoms. The molecule has 1 aliphatic heterocycles. The summed E-state index contributed by atoms with van der Waals surface area (Å²) in [6.45, 7) is 1.67. The Hall–Kier alpha value is -2.48. The number of anilines is 1. The Labute approximate surface area is 142 Å². The van der Waals surface area contributed by atoms with E-state index in [0.29, 0.717) is 0 Å². The standard InChI is InChI=1S/C16H17N5O2S/c22-14(23)9-21-13(3-5-19-21)11-2-1-6-20(8-11)16-15-12(4-7-24-15)17-10-18-16/h3-5,7,10-11H,1-2,6,8-9H2,(H,22,23). The number of hydrogen-bond donors (Lipinski definition) is 1. The highest BCUT2D eigenvalue weighted by Gasteiger charge is 2.26. The molecule has 0 radical (unpaired) electrons. The Kier molecular flexibility index (Phi) is 3.89. The third-order valence-corrected chi connectivity index (χ3v) is 5.30. The molecule has 1 aliphatic rings. The number of carboxylic acids is 1. The predicted octanol–water partition coefficient (Wildman–Crippen LogP) is 2.36. The normalized spacial score (nSPS) is 18.2. The van der Waals surface area contributed by atoms with Crippen LogP contribution in [0, 0.1) is 0 Å². The Balaban J connectivity index is 1.61. The number of fused-ring (bicyclic) bond motifs is 1. The van der Waals surface area contributed by atoms with Crippen molar-refractivity contribution in [3.05, 3.63) is 35.7 Å². The summed E-state index contributed by atoms with van der Waals surface area (Å²) in [5, 5.41) is 15.2. The lowest BCUT2D eigenvalue weighted by Gasteiger charge is -2.33. The van der Waals surface area contributed by atoms with Crippen LogP contribution in [0.2, 0.25) is 0 Å². The molecule has 1 fully saturated rings. The predicted molar refractivity (Wildman–Crippen MR) is 91.5 cm³/mol. The Morgan fingerprint density at radius 1 is 1.38 bits per heavy atom. The first kappa shape index (κ1) is 15.1. The molecule has 8 heteroatoms. The number of carboxylic acid groups (broad SMARTS) is 1. The summed E-state index contributed by atoms with van der Waals surface area (Å²) < 4.78 is 2.70. The number of hydrogen-bond acceptors (Lipinski definition) is 6. The quantitative estimate of drug-likeness (QED) is 0.783. The van der Waals surface area contributed by atoms with Gasteiger partial charge in [-0.25, -0.2) is 9.97 Å². The van der Waals surface area contributed by atoms with E-state index in [1.807, 2.05) is 17.5 Å². The van der Waals surface area contributed by atoms with Crippen molar-refractivity contribution in [1.82, 2.24) is 19.7 Å². The summed E-state index contributed by atoms with van der Waals surface area (Å²) in [6, 6.07) is 3.94. The van der Waals surface area contributed by atoms with Crippen molar-refractivity contribution in [2.45, 2.75) is 25.3 Å². The van der Waals surface area contributed by atoms with Crippen LogP contribution in [0.15, 0.2) is 30.0 Å². The van der Waals surface area contributed by atoms with Gasteiger partial charge >= 0.3 is 5.97 Å². The molecule has 7 nitrogen and oxygen atoms in total. The zero-order chi connectivity index (χ0) is 16.5. The molecule has 4 rings (SSSR count). The fraction of sp³-hybridized carbons (Fsp3) is 0.375. The van der Waals surface area contributed by atoms with Crippen LogP contribution in [0.1, 0.15) is 24.5 Å². The van der Waals surface area contributed by atoms with Crippen LogP contribution < -0.4 is 4.90 Å². The summed E-state index contributed by atoms with van der Waals surface area (Å²) >= 11 is 1.66. The highest BCUT2D eigenvalue weighted by Crippen LogP contribution is 2.33. The summed E-state index contributed by atoms with van der Waals surface area (Å²) in [6.07, 6.45) is 5.36. The minimum atomic E-state index is -0.872. The lowest BCUT2D eigenvalue weighted by molar-refractivity contribution is -0.137. The van der Waals surface area contributed by atoms with E-state index < -0.39 is 5.97 Å². The summed E-state index contributed by atoms with van der Waals surface area (Å²) in [5.74, 6) is 0.360. The summed E-state index contributed by atoms with van der Waals surface area (Å²) in [5.41, 5.74) is 1.96. The largest absolute Gasteiger partial charge is 0.480 e. The van der Waals surface area contributed by atoms with Crippen LogP contribution in [-0.4, -0.2) is 43.9 Å². The molecule has 0 spiro atoms. The zero-order valence-electron chi connectivity index (χ0n) is 13.0. The SMILES string of the molecule is O=C(O)Cn1nccc1C1CCCN(c2ncnc3ccsc23)C1. The van der Waals surface area contributed by atoms with E-state index >= 15 is 0 Å². The van der Waals surface area contributed by atoms with Gasteiger partial charge in [-0.1, -0.05) is 0 Å². The van der Waals surface area contributed by atoms with Crippen molar-refractivity contribution in [3.8, 4) is 0 Å². The van der Waals surface area contributed by atoms with E-state index in [1.165, 1.54) is 0 Å². The first-order valence-corrected chi connectivity index (χ1v) is 8.77. The molecule has 0 aromatic carbocycles. The van der Waals surface area contributed by atoms with Crippen LogP contribution in [0.5, 0.6) is 0 Å². The van der Waals surface area contributed by atoms with E-state index in [1.54, 1.807) is 28.5 Å². The van der Waals surface area contributed by atoms with E-state index in [4.69, 9.17) is 5.11 Å². The fourth-order valence-corrected chi connectivity index (χ4v) is 4.22. The van der Waals surface area contributed by atoms with Gasteiger partial charge in [-0.3, -0.25) is 9.48 Å². The molecule has 0 saturated carbocycles. The lowest BCUT2D eigenvalue weighted by atomic mass is 9.94. The molecule has 1 atom stereocenters. The summed E-state index contributed by atoms with van der Waals surface area (Å²) in [7, 11) is 0. The number of aliphatic carboxylic acids is 1. The maximum atomic E-state index is 11.0. The van der Waals surface area contributed by atoms with Gasteiger partial charge in [0.2, 0.25) is 0 Å². The number of aromatic nitrogens is 4. The molecule has 24 heavy (non-hydrogen) atoms. The van der Waals surface area contributed by atoms with E-state index in [2.05, 4.69) is 20.0 Å². The Morgan fingerprint density at radius 2 is 2.29 bits per heavy atom. The third-order valence-electron chi connectivity index (χ3n) is 4.40. The van der Waals surface area contributed by atoms with Gasteiger partial charge in [-0.15, -0.1) is 11.3 Å². The van der Waals surface area contributed by atoms with Crippen LogP contribution in [0.25, 0.3) is 10.2 Å². The average Bonchev–Trinajstić information content (AvgIpc) is 3.23. The highest BCUT2D eigenvalue weighted by molar-refractivity contribution is 7.17. The summed E-state index contributed by atoms with van der Waals surface area (Å²) in [4.78, 5) is 22.1. The second-order valence-corrected chi connectivity index (χ2v) is 6.84. The first-order valence-electron chi connectivity index (χ1n) is 7.89. The van der Waals surface area contributed by atoms with Crippen LogP contribution in [0.4, 0.5) is 5.82 Å². The molecule has 1 saturated heterocycles. The maximum absolute atomic E-state index is 11.0. The van der Waals surface area contributed by atoms with E-state index in [0.717, 1.165) is 47.7 Å². The van der Waals surface area contributed by atoms with Crippen LogP contribution >= 0.6 is 11.3 Å². The van der Waals surface area contributed by atoms with Crippen LogP contribution in [-0.2, 0) is 11.3 Å². The molecule has 3 aromatic rings. The second-order valence-electron chi connectivity index (χ2n) is 5.92. The van der Waals surface area contributed by atoms with Gasteiger partial charge in [0.25, 0.3) is 0 Å². The maximum Gasteiger partial charge on any atom is 0.325 e. The van der Waals surface area contributed by atoms with E-state index in [-0.39, 0.29) is 12.5 Å². The van der Waals surface area contributed by atoms with Gasteiger partial charge in [-0.05, 0) is 30.4 Å². The Bertz CT molecular complexity index is 874. The van der Waals surface area contributed by atoms with E-state index in [9.17, 15) is 4.79 Å². The smallest absolute Gasteiger partial charge is 0.325 e. The van der Waals surface area contributed by atoms with Gasteiger partial charge in [0.05, 0.1) is 10.2 Å². The van der Waals surface area contributed by atoms with Crippen LogP contribution in [0.3, 0.4) is 0 Å². The number of rotatable bonds is 4. The fourth-order valence-electron chi connectivity index (χ4n) is 3.36. The van der Waals surface area contributed by atoms with Crippen molar-refractivity contribution < 1.29 is 9.90 Å². The molecular formula is C16H17N5O2S. The van der Waals surface area contributed by atoms with Crippen molar-refractivity contribution in [2.75, 3.05) is 18.0 Å². The molecule has 4 heterocycles. The average molecular weight is 343 g/mol. The van der Waals surface area contributed by atoms with Crippen molar-refractivity contribution >= 4 is 33.3 Å². The topological polar surface area (TPSA) is 84.1 Å². The molecule has 124 valence electrons. The molecule has 0 aliphatic carbocycles. The number of thiophene rings is 1. The van der Waals surface area contributed by atoms with Crippen molar-refractivity contribution in [2.24, 2.45) is 0 Å². The zero-order valence-corrected chi connectivity index (χ0v) is 13.8. The van der Waals surface area contributed by atoms with Gasteiger partial charge in [0.15, 0.2) is 0 Å². The van der Waals surface area contributed by atoms with Crippen molar-refractivity contribution in [1.29, 1.82) is 0 Å². The van der Waals surface area contributed by atoms with Gasteiger partial charge in [0, 0.05) is 30.9 Å². The highest BCUT2D eigenvalue weighted by atomic mass is 32.1. The molecule has 0 amide bonds. The number of piperidine rings is 1. The van der Waals surface area contributed by atoms with Gasteiger partial charge in [0.1, 0.15) is 18.7 Å². The van der Waals surface area contributed by atoms with Crippen molar-refractivity contribution in [3.63, 3.8) is 0 Å². The first-order chi connectivity index (χ1) is 11.7. The molecule has 1 unspecified atom stereocenters. The second kappa shape index (κ2) is 6.20. The van der Waals surface area contributed by atoms with Gasteiger partial charge < -0.3 is 10.0 Å². The van der Waals surface area contributed by atoms with Gasteiger partial charge in [-0.2, -0.15) is 5.10 Å². The lowest BCUT2D eigenvalue weighted by Crippen LogP contribution is -2.36. The minimum Gasteiger partial charge on any atom is -0.480 e. The third kappa shape index (κ3) is 2.73. The number of nitrogens with zero attached hydrogens (tertiary/aromatic N) is 5. The minimum absolute atomic E-state index is 0.0957. The molecular weight excluding hydrogens is 326 g/mol. The number of carbonyl (C=O) groups is 1. The molecule has 3 aromatic heterocycles.